The number of amides is 1. The second kappa shape index (κ2) is 14.7. The summed E-state index contributed by atoms with van der Waals surface area (Å²) < 4.78 is 0. The first kappa shape index (κ1) is 22.1. The summed E-state index contributed by atoms with van der Waals surface area (Å²) in [5.74, 6) is 1.46. The normalized spacial score (nSPS) is 12.2. The minimum Gasteiger partial charge on any atom is -0.346 e. The molecule has 0 bridgehead atoms. The van der Waals surface area contributed by atoms with Gasteiger partial charge in [-0.3, -0.25) is 9.59 Å². The molecule has 0 aromatic carbocycles. The molecule has 1 unspecified atom stereocenters. The molecule has 0 radical (unpaired) electrons. The first-order chi connectivity index (χ1) is 11.0. The number of hydrogen-bond donors (Lipinski definition) is 0. The summed E-state index contributed by atoms with van der Waals surface area (Å²) in [5.41, 5.74) is 0. The lowest BCUT2D eigenvalue weighted by molar-refractivity contribution is -0.130. The van der Waals surface area contributed by atoms with E-state index in [4.69, 9.17) is 0 Å². The van der Waals surface area contributed by atoms with E-state index in [1.165, 1.54) is 12.8 Å². The molecule has 1 amide bonds. The van der Waals surface area contributed by atoms with E-state index in [0.29, 0.717) is 12.2 Å². The van der Waals surface area contributed by atoms with Gasteiger partial charge in [0.1, 0.15) is 5.78 Å². The molecule has 0 heterocycles. The number of nitrogens with zero attached hydrogens (tertiary/aromatic N) is 1. The van der Waals surface area contributed by atoms with Crippen molar-refractivity contribution in [2.24, 2.45) is 5.92 Å². The zero-order chi connectivity index (χ0) is 17.5. The number of hydrogen-bond acceptors (Lipinski definition) is 2. The number of carbonyl (C=O) groups is 2. The van der Waals surface area contributed by atoms with Gasteiger partial charge in [-0.1, -0.05) is 46.5 Å². The minimum absolute atomic E-state index is 0.285. The number of Topliss-reactive ketones (excluding diaryl/α,β-unsaturated/α-hetero) is 1. The Morgan fingerprint density at radius 1 is 0.870 bits per heavy atom. The molecule has 0 saturated heterocycles. The third kappa shape index (κ3) is 13.3. The maximum Gasteiger partial charge on any atom is 0.222 e. The molecule has 0 aromatic rings. The highest BCUT2D eigenvalue weighted by molar-refractivity contribution is 5.78. The summed E-state index contributed by atoms with van der Waals surface area (Å²) in [6, 6.07) is 0. The van der Waals surface area contributed by atoms with Crippen molar-refractivity contribution >= 4 is 11.7 Å². The van der Waals surface area contributed by atoms with Crippen LogP contribution in [0.2, 0.25) is 0 Å². The molecule has 0 N–H and O–H groups in total. The Morgan fingerprint density at radius 2 is 1.48 bits per heavy atom. The van der Waals surface area contributed by atoms with E-state index in [2.05, 4.69) is 20.8 Å². The van der Waals surface area contributed by atoms with Gasteiger partial charge in [-0.2, -0.15) is 0 Å². The predicted molar refractivity (Wildman–Crippen MR) is 98.6 cm³/mol. The van der Waals surface area contributed by atoms with Crippen molar-refractivity contribution in [1.29, 1.82) is 0 Å². The molecule has 0 saturated carbocycles. The zero-order valence-corrected chi connectivity index (χ0v) is 16.0. The van der Waals surface area contributed by atoms with Crippen LogP contribution in [-0.4, -0.2) is 30.2 Å². The average Bonchev–Trinajstić information content (AvgIpc) is 2.53. The van der Waals surface area contributed by atoms with Crippen molar-refractivity contribution in [2.45, 2.75) is 97.8 Å². The molecule has 0 aromatic heterocycles. The molecule has 1 atom stereocenters. The van der Waals surface area contributed by atoms with E-state index < -0.39 is 0 Å². The highest BCUT2D eigenvalue weighted by Gasteiger charge is 2.08. The lowest BCUT2D eigenvalue weighted by Gasteiger charge is -2.18. The number of carbonyl (C=O) groups excluding carboxylic acids is 2. The van der Waals surface area contributed by atoms with Gasteiger partial charge >= 0.3 is 0 Å². The van der Waals surface area contributed by atoms with Gasteiger partial charge in [0.05, 0.1) is 0 Å². The van der Waals surface area contributed by atoms with Crippen molar-refractivity contribution in [1.82, 2.24) is 4.90 Å². The van der Waals surface area contributed by atoms with Crippen LogP contribution in [0.3, 0.4) is 0 Å². The summed E-state index contributed by atoms with van der Waals surface area (Å²) in [5, 5.41) is 0. The third-order valence-electron chi connectivity index (χ3n) is 4.69. The summed E-state index contributed by atoms with van der Waals surface area (Å²) in [6.07, 6.45) is 12.0. The van der Waals surface area contributed by atoms with Gasteiger partial charge in [-0.05, 0) is 38.0 Å². The first-order valence-electron chi connectivity index (χ1n) is 9.76. The van der Waals surface area contributed by atoms with Crippen LogP contribution in [0.15, 0.2) is 0 Å². The Labute approximate surface area is 144 Å². The lowest BCUT2D eigenvalue weighted by atomic mass is 10.0. The van der Waals surface area contributed by atoms with Gasteiger partial charge < -0.3 is 4.90 Å². The van der Waals surface area contributed by atoms with E-state index in [1.807, 2.05) is 11.9 Å². The fourth-order valence-corrected chi connectivity index (χ4v) is 2.73. The Balaban J connectivity index is 3.50. The molecular weight excluding hydrogens is 286 g/mol. The van der Waals surface area contributed by atoms with E-state index >= 15 is 0 Å². The van der Waals surface area contributed by atoms with E-state index in [0.717, 1.165) is 70.3 Å². The Kier molecular flexibility index (Phi) is 14.2. The van der Waals surface area contributed by atoms with Gasteiger partial charge in [0.2, 0.25) is 5.91 Å². The zero-order valence-electron chi connectivity index (χ0n) is 16.0. The van der Waals surface area contributed by atoms with Crippen LogP contribution in [0, 0.1) is 5.92 Å². The summed E-state index contributed by atoms with van der Waals surface area (Å²) in [4.78, 5) is 25.3. The Hall–Kier alpha value is -0.860. The number of unbranched alkanes of at least 4 members (excludes halogenated alkanes) is 4. The van der Waals surface area contributed by atoms with Gasteiger partial charge in [0, 0.05) is 32.9 Å². The molecule has 0 rings (SSSR count). The van der Waals surface area contributed by atoms with Crippen molar-refractivity contribution in [3.63, 3.8) is 0 Å². The summed E-state index contributed by atoms with van der Waals surface area (Å²) in [6.45, 7) is 7.44. The maximum atomic E-state index is 12.0. The van der Waals surface area contributed by atoms with Gasteiger partial charge in [0.15, 0.2) is 0 Å². The average molecular weight is 326 g/mol. The Morgan fingerprint density at radius 3 is 2.09 bits per heavy atom. The monoisotopic (exact) mass is 325 g/mol. The Bertz CT molecular complexity index is 315. The first-order valence-corrected chi connectivity index (χ1v) is 9.76. The van der Waals surface area contributed by atoms with Gasteiger partial charge in [-0.25, -0.2) is 0 Å². The molecule has 0 spiro atoms. The molecule has 0 aliphatic heterocycles. The fraction of sp³-hybridized carbons (Fsp3) is 0.900. The van der Waals surface area contributed by atoms with E-state index in [-0.39, 0.29) is 5.91 Å². The van der Waals surface area contributed by atoms with Crippen LogP contribution in [0.5, 0.6) is 0 Å². The van der Waals surface area contributed by atoms with Crippen LogP contribution in [0.25, 0.3) is 0 Å². The van der Waals surface area contributed by atoms with Gasteiger partial charge in [-0.15, -0.1) is 0 Å². The van der Waals surface area contributed by atoms with Crippen LogP contribution in [0.4, 0.5) is 0 Å². The standard InChI is InChI=1S/C20H39NO2/c1-5-13-19(22)15-10-8-7-9-11-16-20(23)21(4)17-12-14-18(3)6-2/h18H,5-17H2,1-4H3. The van der Waals surface area contributed by atoms with Crippen molar-refractivity contribution in [2.75, 3.05) is 13.6 Å². The topological polar surface area (TPSA) is 37.4 Å². The highest BCUT2D eigenvalue weighted by atomic mass is 16.2. The van der Waals surface area contributed by atoms with E-state index in [9.17, 15) is 9.59 Å². The van der Waals surface area contributed by atoms with Gasteiger partial charge in [0.25, 0.3) is 0 Å². The summed E-state index contributed by atoms with van der Waals surface area (Å²) >= 11 is 0. The fourth-order valence-electron chi connectivity index (χ4n) is 2.73. The van der Waals surface area contributed by atoms with Crippen LogP contribution in [-0.2, 0) is 9.59 Å². The molecule has 23 heavy (non-hydrogen) atoms. The molecule has 0 aliphatic rings. The van der Waals surface area contributed by atoms with Crippen LogP contribution < -0.4 is 0 Å². The molecule has 3 heteroatoms. The van der Waals surface area contributed by atoms with Crippen molar-refractivity contribution < 1.29 is 9.59 Å². The van der Waals surface area contributed by atoms with Crippen LogP contribution >= 0.6 is 0 Å². The minimum atomic E-state index is 0.285. The predicted octanol–water partition coefficient (Wildman–Crippen LogP) is 5.37. The van der Waals surface area contributed by atoms with Crippen LogP contribution in [0.1, 0.15) is 97.8 Å². The molecule has 136 valence electrons. The largest absolute Gasteiger partial charge is 0.346 e. The second-order valence-electron chi connectivity index (χ2n) is 7.03. The molecule has 3 nitrogen and oxygen atoms in total. The molecular formula is C20H39NO2. The lowest BCUT2D eigenvalue weighted by Crippen LogP contribution is -2.27. The second-order valence-corrected chi connectivity index (χ2v) is 7.03. The third-order valence-corrected chi connectivity index (χ3v) is 4.69. The molecule has 0 fully saturated rings. The van der Waals surface area contributed by atoms with Crippen molar-refractivity contribution in [3.8, 4) is 0 Å². The molecule has 0 aliphatic carbocycles. The van der Waals surface area contributed by atoms with Crippen molar-refractivity contribution in [3.05, 3.63) is 0 Å². The summed E-state index contributed by atoms with van der Waals surface area (Å²) in [7, 11) is 1.93. The number of ketones is 1. The quantitative estimate of drug-likeness (QED) is 0.379. The van der Waals surface area contributed by atoms with E-state index in [1.54, 1.807) is 0 Å². The SMILES string of the molecule is CCCC(=O)CCCCCCCC(=O)N(C)CCCC(C)CC. The highest BCUT2D eigenvalue weighted by Crippen LogP contribution is 2.12. The number of rotatable bonds is 15. The maximum absolute atomic E-state index is 12.0. The smallest absolute Gasteiger partial charge is 0.222 e.